The van der Waals surface area contributed by atoms with E-state index in [2.05, 4.69) is 19.2 Å². The Labute approximate surface area is 137 Å². The van der Waals surface area contributed by atoms with Crippen LogP contribution in [0, 0.1) is 16.7 Å². The van der Waals surface area contributed by atoms with Crippen molar-refractivity contribution in [3.63, 3.8) is 0 Å². The average molecular weight is 307 g/mol. The molecule has 6 nitrogen and oxygen atoms in total. The molecule has 1 saturated heterocycles. The van der Waals surface area contributed by atoms with Gasteiger partial charge in [-0.3, -0.25) is 16.7 Å². The third-order valence-electron chi connectivity index (χ3n) is 2.39. The van der Waals surface area contributed by atoms with Gasteiger partial charge in [-0.15, -0.1) is 0 Å². The number of nitro benzene ring substituents is 1. The molecule has 1 unspecified atom stereocenters. The molecule has 0 radical (unpaired) electrons. The second-order valence-electron chi connectivity index (χ2n) is 4.36. The second kappa shape index (κ2) is 8.45. The number of nitrogens with zero attached hydrogens (tertiary/aromatic N) is 1. The maximum Gasteiger partial charge on any atom is 2.00 e. The molecule has 1 aliphatic heterocycles. The molecular weight excluding hydrogens is 293 g/mol. The smallest absolute Gasteiger partial charge is 0.665 e. The van der Waals surface area contributed by atoms with Gasteiger partial charge in [0, 0.05) is 12.1 Å². The molecule has 0 amide bonds. The zero-order chi connectivity index (χ0) is 14.5. The third kappa shape index (κ3) is 5.66. The first-order valence-electron chi connectivity index (χ1n) is 5.43. The van der Waals surface area contributed by atoms with Crippen molar-refractivity contribution in [2.75, 3.05) is 0 Å². The van der Waals surface area contributed by atoms with Crippen LogP contribution in [0.2, 0.25) is 0 Å². The molecule has 0 spiro atoms. The fourth-order valence-electron chi connectivity index (χ4n) is 1.61. The van der Waals surface area contributed by atoms with Gasteiger partial charge < -0.3 is 15.2 Å². The maximum atomic E-state index is 10.7. The molecule has 1 aliphatic rings. The van der Waals surface area contributed by atoms with Gasteiger partial charge in [-0.25, -0.2) is 0 Å². The van der Waals surface area contributed by atoms with Crippen molar-refractivity contribution in [1.29, 1.82) is 0 Å². The molecule has 104 valence electrons. The molecule has 20 heavy (non-hydrogen) atoms. The van der Waals surface area contributed by atoms with Crippen LogP contribution >= 0.6 is 11.8 Å². The topological polar surface area (TPSA) is 92.5 Å². The van der Waals surface area contributed by atoms with Gasteiger partial charge in [0.25, 0.3) is 5.69 Å². The predicted octanol–water partition coefficient (Wildman–Crippen LogP) is 2.10. The van der Waals surface area contributed by atoms with E-state index in [0.717, 1.165) is 5.56 Å². The summed E-state index contributed by atoms with van der Waals surface area (Å²) in [5.74, 6) is 0. The summed E-state index contributed by atoms with van der Waals surface area (Å²) in [6.45, 7) is 6.76. The number of non-ortho nitro benzene ring substituents is 1. The van der Waals surface area contributed by atoms with Gasteiger partial charge in [-0.1, -0.05) is 37.2 Å². The Morgan fingerprint density at radius 3 is 2.60 bits per heavy atom. The van der Waals surface area contributed by atoms with E-state index in [1.54, 1.807) is 23.9 Å². The molecule has 1 fully saturated rings. The van der Waals surface area contributed by atoms with Crippen molar-refractivity contribution in [1.82, 2.24) is 5.32 Å². The van der Waals surface area contributed by atoms with Crippen LogP contribution in [-0.4, -0.2) is 44.3 Å². The molecule has 1 atom stereocenters. The minimum Gasteiger partial charge on any atom is -0.665 e. The van der Waals surface area contributed by atoms with Crippen LogP contribution in [0.3, 0.4) is 0 Å². The fraction of sp³-hybridized carbons (Fsp3) is 0.333. The summed E-state index contributed by atoms with van der Waals surface area (Å²) >= 11 is 1.75. The van der Waals surface area contributed by atoms with E-state index in [0.29, 0.717) is 6.47 Å². The molecule has 1 aromatic rings. The van der Waals surface area contributed by atoms with Crippen molar-refractivity contribution in [2.24, 2.45) is 0 Å². The number of nitro groups is 1. The summed E-state index contributed by atoms with van der Waals surface area (Å²) in [5, 5.41) is 20.8. The average Bonchev–Trinajstić information content (AvgIpc) is 2.71. The SMILES string of the molecule is CC1(C)[CH-]NC(c2cccc([N+](=O)[O-])c2)S1.O=[C-]O.[Mg+2]. The van der Waals surface area contributed by atoms with E-state index in [4.69, 9.17) is 9.90 Å². The summed E-state index contributed by atoms with van der Waals surface area (Å²) in [6.07, 6.45) is 0. The van der Waals surface area contributed by atoms with Crippen LogP contribution in [0.15, 0.2) is 24.3 Å². The van der Waals surface area contributed by atoms with Gasteiger partial charge in [-0.05, 0) is 5.56 Å². The monoisotopic (exact) mass is 306 g/mol. The normalized spacial score (nSPS) is 19.2. The minimum atomic E-state index is -0.363. The van der Waals surface area contributed by atoms with Crippen LogP contribution in [0.25, 0.3) is 0 Å². The number of benzene rings is 1. The van der Waals surface area contributed by atoms with Crippen molar-refractivity contribution in [3.05, 3.63) is 46.5 Å². The summed E-state index contributed by atoms with van der Waals surface area (Å²) in [4.78, 5) is 18.5. The second-order valence-corrected chi connectivity index (χ2v) is 6.12. The minimum absolute atomic E-state index is 0. The van der Waals surface area contributed by atoms with E-state index in [9.17, 15) is 10.1 Å². The van der Waals surface area contributed by atoms with Gasteiger partial charge in [0.15, 0.2) is 0 Å². The summed E-state index contributed by atoms with van der Waals surface area (Å²) in [6, 6.07) is 6.77. The van der Waals surface area contributed by atoms with E-state index < -0.39 is 0 Å². The molecule has 0 aromatic heterocycles. The van der Waals surface area contributed by atoms with Gasteiger partial charge in [0.1, 0.15) is 0 Å². The number of hydrogen-bond acceptors (Lipinski definition) is 5. The summed E-state index contributed by atoms with van der Waals surface area (Å²) in [7, 11) is 0. The Morgan fingerprint density at radius 2 is 2.15 bits per heavy atom. The Kier molecular flexibility index (Phi) is 8.10. The van der Waals surface area contributed by atoms with Gasteiger partial charge >= 0.3 is 23.1 Å². The zero-order valence-corrected chi connectivity index (χ0v) is 13.4. The molecule has 1 heterocycles. The Hall–Kier alpha value is -0.834. The van der Waals surface area contributed by atoms with Crippen molar-refractivity contribution < 1.29 is 14.8 Å². The van der Waals surface area contributed by atoms with E-state index >= 15 is 0 Å². The maximum absolute atomic E-state index is 10.7. The summed E-state index contributed by atoms with van der Waals surface area (Å²) in [5.41, 5.74) is 1.09. The fourth-order valence-corrected chi connectivity index (χ4v) is 2.78. The summed E-state index contributed by atoms with van der Waals surface area (Å²) < 4.78 is 0.0648. The van der Waals surface area contributed by atoms with Crippen molar-refractivity contribution in [3.8, 4) is 0 Å². The van der Waals surface area contributed by atoms with Crippen molar-refractivity contribution >= 4 is 47.0 Å². The van der Waals surface area contributed by atoms with Crippen LogP contribution in [-0.2, 0) is 4.79 Å². The van der Waals surface area contributed by atoms with Gasteiger partial charge in [-0.2, -0.15) is 11.8 Å². The van der Waals surface area contributed by atoms with Gasteiger partial charge in [0.2, 0.25) is 0 Å². The molecule has 8 heteroatoms. The first kappa shape index (κ1) is 19.2. The van der Waals surface area contributed by atoms with Crippen molar-refractivity contribution in [2.45, 2.75) is 24.0 Å². The Bertz CT molecular complexity index is 471. The molecule has 0 aliphatic carbocycles. The number of hydrogen-bond donors (Lipinski definition) is 2. The zero-order valence-electron chi connectivity index (χ0n) is 11.2. The Balaban J connectivity index is 0.000000830. The molecule has 0 bridgehead atoms. The Morgan fingerprint density at radius 1 is 1.55 bits per heavy atom. The van der Waals surface area contributed by atoms with Crippen LogP contribution in [0.4, 0.5) is 5.69 Å². The first-order chi connectivity index (χ1) is 8.89. The number of nitrogens with one attached hydrogen (secondary N) is 1. The van der Waals surface area contributed by atoms with E-state index in [1.807, 2.05) is 12.6 Å². The number of aliphatic hydroxyl groups excluding tert-OH is 1. The van der Waals surface area contributed by atoms with Gasteiger partial charge in [0.05, 0.1) is 10.3 Å². The predicted molar refractivity (Wildman–Crippen MR) is 79.0 cm³/mol. The van der Waals surface area contributed by atoms with Crippen LogP contribution in [0.1, 0.15) is 24.8 Å². The quantitative estimate of drug-likeness (QED) is 0.376. The standard InChI is InChI=1S/C11H13N2O2S.CHO2.Mg/c1-11(2)7-12-10(16-11)8-4-3-5-9(6-8)13(14)15;2-1-3;/h3-7,10,12H,1-2H3;(H,2,3);/q2*-1;+2. The molecule has 0 saturated carbocycles. The molecular formula is C12H14MgN2O4S. The first-order valence-corrected chi connectivity index (χ1v) is 6.31. The largest absolute Gasteiger partial charge is 2.00 e. The third-order valence-corrected chi connectivity index (χ3v) is 3.76. The number of rotatable bonds is 2. The van der Waals surface area contributed by atoms with Crippen LogP contribution < -0.4 is 5.32 Å². The number of thioether (sulfide) groups is 1. The molecule has 1 aromatic carbocycles. The van der Waals surface area contributed by atoms with Crippen LogP contribution in [0.5, 0.6) is 0 Å². The molecule has 2 N–H and O–H groups in total. The molecule has 2 rings (SSSR count). The van der Waals surface area contributed by atoms with E-state index in [1.165, 1.54) is 6.07 Å². The van der Waals surface area contributed by atoms with E-state index in [-0.39, 0.29) is 43.8 Å².